The first-order valence-corrected chi connectivity index (χ1v) is 5.00. The van der Waals surface area contributed by atoms with Gasteiger partial charge in [0.1, 0.15) is 0 Å². The lowest BCUT2D eigenvalue weighted by molar-refractivity contribution is 0.276. The van der Waals surface area contributed by atoms with Crippen LogP contribution in [0.25, 0.3) is 5.69 Å². The zero-order valence-corrected chi connectivity index (χ0v) is 8.98. The van der Waals surface area contributed by atoms with E-state index in [0.29, 0.717) is 5.69 Å². The number of halogens is 1. The third-order valence-corrected chi connectivity index (χ3v) is 2.43. The number of aromatic nitrogens is 2. The molecule has 1 aromatic carbocycles. The third kappa shape index (κ3) is 1.86. The van der Waals surface area contributed by atoms with Crippen molar-refractivity contribution in [2.24, 2.45) is 0 Å². The molecule has 0 spiro atoms. The normalized spacial score (nSPS) is 10.4. The predicted molar refractivity (Wildman–Crippen MR) is 57.2 cm³/mol. The van der Waals surface area contributed by atoms with E-state index in [9.17, 15) is 0 Å². The Morgan fingerprint density at radius 1 is 1.21 bits per heavy atom. The number of hydrogen-bond donors (Lipinski definition) is 1. The molecule has 0 bridgehead atoms. The summed E-state index contributed by atoms with van der Waals surface area (Å²) in [5, 5.41) is 13.0. The number of hydrogen-bond acceptors (Lipinski definition) is 2. The van der Waals surface area contributed by atoms with E-state index in [2.05, 4.69) is 21.0 Å². The minimum absolute atomic E-state index is 0.0243. The van der Waals surface area contributed by atoms with Gasteiger partial charge in [-0.05, 0) is 30.3 Å². The summed E-state index contributed by atoms with van der Waals surface area (Å²) in [6, 6.07) is 9.61. The molecule has 14 heavy (non-hydrogen) atoms. The van der Waals surface area contributed by atoms with Crippen LogP contribution >= 0.6 is 15.9 Å². The third-order valence-electron chi connectivity index (χ3n) is 1.90. The summed E-state index contributed by atoms with van der Waals surface area (Å²) < 4.78 is 2.77. The summed E-state index contributed by atoms with van der Waals surface area (Å²) in [7, 11) is 0. The highest BCUT2D eigenvalue weighted by atomic mass is 79.9. The highest BCUT2D eigenvalue weighted by Crippen LogP contribution is 2.13. The van der Waals surface area contributed by atoms with Gasteiger partial charge in [0.2, 0.25) is 0 Å². The summed E-state index contributed by atoms with van der Waals surface area (Å²) >= 11 is 3.37. The highest BCUT2D eigenvalue weighted by molar-refractivity contribution is 9.10. The minimum Gasteiger partial charge on any atom is -0.390 e. The molecule has 0 aliphatic heterocycles. The second kappa shape index (κ2) is 3.94. The lowest BCUT2D eigenvalue weighted by atomic mass is 10.3. The fourth-order valence-corrected chi connectivity index (χ4v) is 1.45. The van der Waals surface area contributed by atoms with E-state index in [1.165, 1.54) is 0 Å². The Balaban J connectivity index is 2.34. The molecule has 1 aromatic heterocycles. The molecule has 0 unspecified atom stereocenters. The van der Waals surface area contributed by atoms with Crippen molar-refractivity contribution in [3.05, 3.63) is 46.7 Å². The van der Waals surface area contributed by atoms with Crippen LogP contribution in [0.2, 0.25) is 0 Å². The van der Waals surface area contributed by atoms with Crippen LogP contribution in [0, 0.1) is 0 Å². The Morgan fingerprint density at radius 2 is 1.93 bits per heavy atom. The second-order valence-electron chi connectivity index (χ2n) is 2.89. The van der Waals surface area contributed by atoms with Gasteiger partial charge < -0.3 is 5.11 Å². The largest absolute Gasteiger partial charge is 0.390 e. The van der Waals surface area contributed by atoms with Crippen molar-refractivity contribution < 1.29 is 5.11 Å². The van der Waals surface area contributed by atoms with Crippen LogP contribution in [0.5, 0.6) is 0 Å². The van der Waals surface area contributed by atoms with E-state index in [1.54, 1.807) is 10.7 Å². The Labute approximate surface area is 90.1 Å². The standard InChI is InChI=1S/C10H9BrN2O/c11-8-1-3-10(4-2-8)13-6-5-9(7-14)12-13/h1-6,14H,7H2. The average Bonchev–Trinajstić information content (AvgIpc) is 2.67. The van der Waals surface area contributed by atoms with E-state index >= 15 is 0 Å². The van der Waals surface area contributed by atoms with Crippen LogP contribution in [0.3, 0.4) is 0 Å². The van der Waals surface area contributed by atoms with Crippen LogP contribution in [0.4, 0.5) is 0 Å². The molecule has 1 heterocycles. The Hall–Kier alpha value is -1.13. The molecule has 2 rings (SSSR count). The zero-order valence-electron chi connectivity index (χ0n) is 7.39. The molecule has 0 saturated carbocycles. The van der Waals surface area contributed by atoms with Crippen molar-refractivity contribution in [1.82, 2.24) is 9.78 Å². The maximum Gasteiger partial charge on any atom is 0.0883 e. The highest BCUT2D eigenvalue weighted by Gasteiger charge is 1.99. The summed E-state index contributed by atoms with van der Waals surface area (Å²) in [6.07, 6.45) is 1.83. The monoisotopic (exact) mass is 252 g/mol. The maximum absolute atomic E-state index is 8.86. The van der Waals surface area contributed by atoms with Gasteiger partial charge in [-0.15, -0.1) is 0 Å². The molecule has 0 atom stereocenters. The number of aliphatic hydroxyl groups is 1. The average molecular weight is 253 g/mol. The van der Waals surface area contributed by atoms with E-state index in [-0.39, 0.29) is 6.61 Å². The molecule has 0 radical (unpaired) electrons. The fraction of sp³-hybridized carbons (Fsp3) is 0.100. The van der Waals surface area contributed by atoms with Gasteiger partial charge in [-0.25, -0.2) is 4.68 Å². The first kappa shape index (κ1) is 9.43. The van der Waals surface area contributed by atoms with E-state index in [0.717, 1.165) is 10.2 Å². The molecule has 3 nitrogen and oxygen atoms in total. The lowest BCUT2D eigenvalue weighted by Crippen LogP contribution is -1.95. The summed E-state index contributed by atoms with van der Waals surface area (Å²) in [6.45, 7) is -0.0243. The molecule has 0 aliphatic carbocycles. The van der Waals surface area contributed by atoms with Gasteiger partial charge in [-0.1, -0.05) is 15.9 Å². The number of benzene rings is 1. The predicted octanol–water partition coefficient (Wildman–Crippen LogP) is 2.13. The van der Waals surface area contributed by atoms with Gasteiger partial charge in [0.15, 0.2) is 0 Å². The van der Waals surface area contributed by atoms with Gasteiger partial charge in [0.25, 0.3) is 0 Å². The first-order valence-electron chi connectivity index (χ1n) is 4.21. The molecule has 0 aliphatic rings. The van der Waals surface area contributed by atoms with Gasteiger partial charge in [-0.2, -0.15) is 5.10 Å². The number of rotatable bonds is 2. The molecule has 72 valence electrons. The quantitative estimate of drug-likeness (QED) is 0.890. The molecule has 2 aromatic rings. The lowest BCUT2D eigenvalue weighted by Gasteiger charge is -2.00. The van der Waals surface area contributed by atoms with Gasteiger partial charge >= 0.3 is 0 Å². The van der Waals surface area contributed by atoms with E-state index in [4.69, 9.17) is 5.11 Å². The molecule has 0 fully saturated rings. The maximum atomic E-state index is 8.86. The Kier molecular flexibility index (Phi) is 2.65. The number of aliphatic hydroxyl groups excluding tert-OH is 1. The van der Waals surface area contributed by atoms with Crippen LogP contribution in [-0.4, -0.2) is 14.9 Å². The molecule has 4 heteroatoms. The van der Waals surface area contributed by atoms with E-state index in [1.807, 2.05) is 30.5 Å². The van der Waals surface area contributed by atoms with Crippen molar-refractivity contribution in [3.8, 4) is 5.69 Å². The molecule has 1 N–H and O–H groups in total. The SMILES string of the molecule is OCc1ccn(-c2ccc(Br)cc2)n1. The van der Waals surface area contributed by atoms with Crippen LogP contribution in [0.15, 0.2) is 41.0 Å². The van der Waals surface area contributed by atoms with Crippen molar-refractivity contribution >= 4 is 15.9 Å². The van der Waals surface area contributed by atoms with Gasteiger partial charge in [0, 0.05) is 10.7 Å². The smallest absolute Gasteiger partial charge is 0.0883 e. The van der Waals surface area contributed by atoms with Crippen molar-refractivity contribution in [2.75, 3.05) is 0 Å². The minimum atomic E-state index is -0.0243. The molecular formula is C10H9BrN2O. The van der Waals surface area contributed by atoms with Crippen LogP contribution in [0.1, 0.15) is 5.69 Å². The van der Waals surface area contributed by atoms with Crippen LogP contribution in [-0.2, 0) is 6.61 Å². The fourth-order valence-electron chi connectivity index (χ4n) is 1.18. The topological polar surface area (TPSA) is 38.0 Å². The summed E-state index contributed by atoms with van der Waals surface area (Å²) in [5.74, 6) is 0. The van der Waals surface area contributed by atoms with Crippen molar-refractivity contribution in [3.63, 3.8) is 0 Å². The van der Waals surface area contributed by atoms with Crippen molar-refractivity contribution in [2.45, 2.75) is 6.61 Å². The molecular weight excluding hydrogens is 244 g/mol. The zero-order chi connectivity index (χ0) is 9.97. The number of nitrogens with zero attached hydrogens (tertiary/aromatic N) is 2. The summed E-state index contributed by atoms with van der Waals surface area (Å²) in [5.41, 5.74) is 1.65. The Morgan fingerprint density at radius 3 is 2.50 bits per heavy atom. The van der Waals surface area contributed by atoms with Crippen LogP contribution < -0.4 is 0 Å². The molecule has 0 amide bonds. The van der Waals surface area contributed by atoms with Gasteiger partial charge in [0.05, 0.1) is 18.0 Å². The molecule has 0 saturated heterocycles. The van der Waals surface area contributed by atoms with Gasteiger partial charge in [-0.3, -0.25) is 0 Å². The summed E-state index contributed by atoms with van der Waals surface area (Å²) in [4.78, 5) is 0. The van der Waals surface area contributed by atoms with E-state index < -0.39 is 0 Å². The second-order valence-corrected chi connectivity index (χ2v) is 3.80. The Bertz CT molecular complexity index is 422. The van der Waals surface area contributed by atoms with Crippen molar-refractivity contribution in [1.29, 1.82) is 0 Å². The first-order chi connectivity index (χ1) is 6.79.